The molecular weight excluding hydrogens is 483 g/mol. The van der Waals surface area contributed by atoms with Crippen molar-refractivity contribution in [3.05, 3.63) is 65.2 Å². The lowest BCUT2D eigenvalue weighted by atomic mass is 9.87. The van der Waals surface area contributed by atoms with Crippen LogP contribution in [0.15, 0.2) is 48.5 Å². The van der Waals surface area contributed by atoms with Gasteiger partial charge >= 0.3 is 0 Å². The maximum atomic E-state index is 12.5. The summed E-state index contributed by atoms with van der Waals surface area (Å²) in [7, 11) is 0. The number of unbranched alkanes of at least 4 members (excludes halogenated alkanes) is 2. The predicted octanol–water partition coefficient (Wildman–Crippen LogP) is 4.51. The van der Waals surface area contributed by atoms with Crippen LogP contribution >= 0.6 is 24.8 Å². The van der Waals surface area contributed by atoms with Gasteiger partial charge < -0.3 is 16.0 Å². The number of fused-ring (bicyclic) bond motifs is 1. The average molecular weight is 522 g/mol. The second-order valence-corrected chi connectivity index (χ2v) is 9.23. The fourth-order valence-electron chi connectivity index (χ4n) is 5.14. The number of piperazine rings is 1. The first-order chi connectivity index (χ1) is 16.1. The third kappa shape index (κ3) is 7.86. The summed E-state index contributed by atoms with van der Waals surface area (Å²) < 4.78 is 0. The molecule has 1 aliphatic heterocycles. The average Bonchev–Trinajstić information content (AvgIpc) is 2.84. The van der Waals surface area contributed by atoms with Gasteiger partial charge in [-0.15, -0.1) is 24.8 Å². The fourth-order valence-corrected chi connectivity index (χ4v) is 5.14. The molecule has 1 aliphatic carbocycles. The third-order valence-corrected chi connectivity index (χ3v) is 6.97. The molecule has 8 heteroatoms. The molecule has 35 heavy (non-hydrogen) atoms. The molecule has 1 atom stereocenters. The number of rotatable bonds is 9. The van der Waals surface area contributed by atoms with Gasteiger partial charge in [-0.05, 0) is 61.9 Å². The minimum Gasteiger partial charge on any atom is -0.368 e. The second kappa shape index (κ2) is 14.3. The van der Waals surface area contributed by atoms with Crippen molar-refractivity contribution in [2.45, 2.75) is 51.0 Å². The van der Waals surface area contributed by atoms with E-state index in [0.717, 1.165) is 76.9 Å². The summed E-state index contributed by atoms with van der Waals surface area (Å²) in [6.07, 6.45) is 7.02. The first-order valence-corrected chi connectivity index (χ1v) is 12.3. The van der Waals surface area contributed by atoms with Crippen LogP contribution in [0.2, 0.25) is 0 Å². The molecule has 3 N–H and O–H groups in total. The lowest BCUT2D eigenvalue weighted by molar-refractivity contribution is -0.122. The highest BCUT2D eigenvalue weighted by Gasteiger charge is 2.22. The number of amides is 2. The number of hydrogen-bond donors (Lipinski definition) is 2. The number of aryl methyl sites for hydroxylation is 1. The molecule has 0 bridgehead atoms. The molecular formula is C27H38Cl2N4O2. The first kappa shape index (κ1) is 29.0. The number of hydrogen-bond acceptors (Lipinski definition) is 4. The number of benzene rings is 2. The molecule has 1 saturated heterocycles. The Kier molecular flexibility index (Phi) is 11.8. The van der Waals surface area contributed by atoms with E-state index in [1.807, 2.05) is 18.2 Å². The van der Waals surface area contributed by atoms with Crippen LogP contribution in [0.25, 0.3) is 0 Å². The van der Waals surface area contributed by atoms with Gasteiger partial charge in [0.05, 0.1) is 11.6 Å². The van der Waals surface area contributed by atoms with E-state index in [1.54, 1.807) is 6.07 Å². The molecule has 2 aromatic rings. The van der Waals surface area contributed by atoms with E-state index >= 15 is 0 Å². The van der Waals surface area contributed by atoms with E-state index in [4.69, 9.17) is 5.73 Å². The van der Waals surface area contributed by atoms with Gasteiger partial charge in [-0.25, -0.2) is 0 Å². The van der Waals surface area contributed by atoms with Crippen molar-refractivity contribution in [1.29, 1.82) is 0 Å². The molecule has 4 rings (SSSR count). The van der Waals surface area contributed by atoms with E-state index in [-0.39, 0.29) is 42.7 Å². The standard InChI is InChI=1S/C27H36N4O2.2ClH/c28-27(33)23-12-5-6-14-25(23)31-19-17-30(18-20-31)16-7-1-2-15-26(32)29-24-13-8-10-21-9-3-4-11-22(21)24;;/h3-6,9,11-12,14,24H,1-2,7-8,10,13,15-20H2,(H2,28,33)(H,29,32);2*1H. The molecule has 0 saturated carbocycles. The van der Waals surface area contributed by atoms with Gasteiger partial charge in [-0.2, -0.15) is 0 Å². The van der Waals surface area contributed by atoms with E-state index in [9.17, 15) is 9.59 Å². The summed E-state index contributed by atoms with van der Waals surface area (Å²) in [6, 6.07) is 16.3. The molecule has 0 spiro atoms. The van der Waals surface area contributed by atoms with Gasteiger partial charge in [-0.1, -0.05) is 42.8 Å². The van der Waals surface area contributed by atoms with Crippen LogP contribution in [0, 0.1) is 0 Å². The Morgan fingerprint density at radius 1 is 0.914 bits per heavy atom. The van der Waals surface area contributed by atoms with Gasteiger partial charge in [0.15, 0.2) is 0 Å². The Labute approximate surface area is 221 Å². The van der Waals surface area contributed by atoms with Crippen molar-refractivity contribution < 1.29 is 9.59 Å². The van der Waals surface area contributed by atoms with Crippen LogP contribution in [0.1, 0.15) is 66.1 Å². The number of para-hydroxylation sites is 1. The summed E-state index contributed by atoms with van der Waals surface area (Å²) in [5, 5.41) is 3.26. The van der Waals surface area contributed by atoms with Crippen LogP contribution < -0.4 is 16.0 Å². The summed E-state index contributed by atoms with van der Waals surface area (Å²) in [4.78, 5) is 28.9. The number of primary amides is 1. The molecule has 1 unspecified atom stereocenters. The SMILES string of the molecule is Cl.Cl.NC(=O)c1ccccc1N1CCN(CCCCCC(=O)NC2CCCc3ccccc32)CC1. The Bertz CT molecular complexity index is 964. The number of nitrogens with one attached hydrogen (secondary N) is 1. The second-order valence-electron chi connectivity index (χ2n) is 9.23. The maximum Gasteiger partial charge on any atom is 0.250 e. The highest BCUT2D eigenvalue weighted by atomic mass is 35.5. The van der Waals surface area contributed by atoms with E-state index in [1.165, 1.54) is 11.1 Å². The maximum absolute atomic E-state index is 12.5. The van der Waals surface area contributed by atoms with Crippen molar-refractivity contribution in [2.24, 2.45) is 5.73 Å². The molecule has 2 aliphatic rings. The molecule has 1 heterocycles. The number of nitrogens with zero attached hydrogens (tertiary/aromatic N) is 2. The largest absolute Gasteiger partial charge is 0.368 e. The Balaban J connectivity index is 0.00000216. The van der Waals surface area contributed by atoms with Crippen LogP contribution in [-0.4, -0.2) is 49.4 Å². The number of carbonyl (C=O) groups is 2. The molecule has 2 aromatic carbocycles. The number of halogens is 2. The van der Waals surface area contributed by atoms with Gasteiger partial charge in [0.2, 0.25) is 5.91 Å². The zero-order valence-corrected chi connectivity index (χ0v) is 21.9. The number of nitrogens with two attached hydrogens (primary N) is 1. The van der Waals surface area contributed by atoms with Crippen molar-refractivity contribution in [3.63, 3.8) is 0 Å². The lowest BCUT2D eigenvalue weighted by Gasteiger charge is -2.36. The predicted molar refractivity (Wildman–Crippen MR) is 147 cm³/mol. The van der Waals surface area contributed by atoms with E-state index < -0.39 is 0 Å². The van der Waals surface area contributed by atoms with Crippen LogP contribution in [0.5, 0.6) is 0 Å². The Morgan fingerprint density at radius 3 is 2.40 bits per heavy atom. The van der Waals surface area contributed by atoms with Crippen LogP contribution in [0.4, 0.5) is 5.69 Å². The van der Waals surface area contributed by atoms with Gasteiger partial charge in [0, 0.05) is 38.3 Å². The third-order valence-electron chi connectivity index (χ3n) is 6.97. The van der Waals surface area contributed by atoms with Crippen molar-refractivity contribution in [3.8, 4) is 0 Å². The summed E-state index contributed by atoms with van der Waals surface area (Å²) in [6.45, 7) is 4.82. The number of carbonyl (C=O) groups excluding carboxylic acids is 2. The van der Waals surface area contributed by atoms with Crippen molar-refractivity contribution in [1.82, 2.24) is 10.2 Å². The molecule has 0 aromatic heterocycles. The van der Waals surface area contributed by atoms with Crippen molar-refractivity contribution >= 4 is 42.3 Å². The zero-order chi connectivity index (χ0) is 23.0. The topological polar surface area (TPSA) is 78.7 Å². The quantitative estimate of drug-likeness (QED) is 0.477. The van der Waals surface area contributed by atoms with Crippen LogP contribution in [0.3, 0.4) is 0 Å². The van der Waals surface area contributed by atoms with Gasteiger partial charge in [0.25, 0.3) is 5.91 Å². The normalized spacial score (nSPS) is 17.5. The Morgan fingerprint density at radius 2 is 1.63 bits per heavy atom. The van der Waals surface area contributed by atoms with Crippen molar-refractivity contribution in [2.75, 3.05) is 37.6 Å². The molecule has 2 amide bonds. The number of anilines is 1. The summed E-state index contributed by atoms with van der Waals surface area (Å²) in [5.41, 5.74) is 9.75. The minimum absolute atomic E-state index is 0. The van der Waals surface area contributed by atoms with E-state index in [0.29, 0.717) is 12.0 Å². The first-order valence-electron chi connectivity index (χ1n) is 12.3. The van der Waals surface area contributed by atoms with Gasteiger partial charge in [-0.3, -0.25) is 14.5 Å². The fraction of sp³-hybridized carbons (Fsp3) is 0.481. The Hall–Kier alpha value is -2.28. The smallest absolute Gasteiger partial charge is 0.250 e. The van der Waals surface area contributed by atoms with E-state index in [2.05, 4.69) is 39.4 Å². The summed E-state index contributed by atoms with van der Waals surface area (Å²) >= 11 is 0. The molecule has 192 valence electrons. The monoisotopic (exact) mass is 520 g/mol. The lowest BCUT2D eigenvalue weighted by Crippen LogP contribution is -2.47. The van der Waals surface area contributed by atoms with Crippen LogP contribution in [-0.2, 0) is 11.2 Å². The molecule has 6 nitrogen and oxygen atoms in total. The minimum atomic E-state index is -0.371. The highest BCUT2D eigenvalue weighted by molar-refractivity contribution is 5.98. The molecule has 1 fully saturated rings. The molecule has 0 radical (unpaired) electrons. The zero-order valence-electron chi connectivity index (χ0n) is 20.3. The highest BCUT2D eigenvalue weighted by Crippen LogP contribution is 2.29. The van der Waals surface area contributed by atoms with Gasteiger partial charge in [0.1, 0.15) is 0 Å². The summed E-state index contributed by atoms with van der Waals surface area (Å²) in [5.74, 6) is -0.191.